The second kappa shape index (κ2) is 11.2. The predicted octanol–water partition coefficient (Wildman–Crippen LogP) is 7.35. The molecule has 0 radical (unpaired) electrons. The maximum absolute atomic E-state index is 14.8. The molecule has 4 aliphatic rings. The number of ketones is 1. The zero-order valence-electron chi connectivity index (χ0n) is 24.6. The van der Waals surface area contributed by atoms with E-state index in [2.05, 4.69) is 64.2 Å². The lowest BCUT2D eigenvalue weighted by atomic mass is 9.50. The molecule has 4 rings (SSSR count). The number of hydrogen-bond donors (Lipinski definition) is 3. The van der Waals surface area contributed by atoms with E-state index < -0.39 is 40.2 Å². The Balaban J connectivity index is 1.98. The van der Waals surface area contributed by atoms with Crippen LogP contribution in [-0.4, -0.2) is 33.2 Å². The molecular formula is C34H48O5. The molecule has 5 heteroatoms. The van der Waals surface area contributed by atoms with E-state index >= 15 is 0 Å². The van der Waals surface area contributed by atoms with Gasteiger partial charge in [0.1, 0.15) is 11.3 Å². The summed E-state index contributed by atoms with van der Waals surface area (Å²) >= 11 is 0. The van der Waals surface area contributed by atoms with Crippen molar-refractivity contribution in [3.63, 3.8) is 0 Å². The molecular weight excluding hydrogens is 488 g/mol. The van der Waals surface area contributed by atoms with Crippen molar-refractivity contribution in [2.45, 2.75) is 92.6 Å². The van der Waals surface area contributed by atoms with Crippen LogP contribution in [0, 0.1) is 46.3 Å². The van der Waals surface area contributed by atoms with Crippen molar-refractivity contribution in [1.29, 1.82) is 0 Å². The van der Waals surface area contributed by atoms with Gasteiger partial charge in [-0.2, -0.15) is 0 Å². The van der Waals surface area contributed by atoms with Crippen molar-refractivity contribution in [3.05, 3.63) is 58.9 Å². The van der Waals surface area contributed by atoms with Crippen LogP contribution in [0.15, 0.2) is 58.9 Å². The molecule has 0 heterocycles. The van der Waals surface area contributed by atoms with Gasteiger partial charge in [0.2, 0.25) is 0 Å². The van der Waals surface area contributed by atoms with Crippen LogP contribution in [-0.2, 0) is 9.59 Å². The Bertz CT molecular complexity index is 1140. The molecule has 0 aromatic heterocycles. The van der Waals surface area contributed by atoms with Crippen molar-refractivity contribution in [2.24, 2.45) is 46.3 Å². The lowest BCUT2D eigenvalue weighted by Gasteiger charge is -2.53. The molecule has 3 N–H and O–H groups in total. The first-order valence-electron chi connectivity index (χ1n) is 15.0. The molecule has 214 valence electrons. The lowest BCUT2D eigenvalue weighted by Crippen LogP contribution is -2.55. The number of rotatable bonds is 3. The van der Waals surface area contributed by atoms with Crippen LogP contribution in [0.4, 0.5) is 0 Å². The fourth-order valence-corrected chi connectivity index (χ4v) is 8.59. The number of carboxylic acids is 1. The molecule has 0 aromatic carbocycles. The first-order chi connectivity index (χ1) is 18.4. The van der Waals surface area contributed by atoms with Gasteiger partial charge < -0.3 is 15.3 Å². The lowest BCUT2D eigenvalue weighted by molar-refractivity contribution is -0.144. The number of carboxylic acid groups (broad SMARTS) is 1. The number of carbonyl (C=O) groups excluding carboxylic acids is 1. The van der Waals surface area contributed by atoms with Crippen LogP contribution in [0.3, 0.4) is 0 Å². The molecule has 1 unspecified atom stereocenters. The minimum atomic E-state index is -1.35. The maximum atomic E-state index is 14.8. The Hall–Kier alpha value is -2.40. The summed E-state index contributed by atoms with van der Waals surface area (Å²) in [5.74, 6) is -2.87. The second-order valence-corrected chi connectivity index (χ2v) is 13.1. The summed E-state index contributed by atoms with van der Waals surface area (Å²) in [5, 5.41) is 33.7. The second-order valence-electron chi connectivity index (χ2n) is 13.1. The number of aliphatic hydroxyl groups is 2. The molecule has 5 nitrogen and oxygen atoms in total. The fourth-order valence-electron chi connectivity index (χ4n) is 8.59. The molecule has 1 saturated carbocycles. The number of Topliss-reactive ketones (excluding diaryl/α,β-unsaturated/α-hetero) is 1. The summed E-state index contributed by atoms with van der Waals surface area (Å²) in [5.41, 5.74) is 0.323. The third-order valence-electron chi connectivity index (χ3n) is 10.8. The van der Waals surface area contributed by atoms with Crippen LogP contribution >= 0.6 is 0 Å². The smallest absolute Gasteiger partial charge is 0.342 e. The van der Waals surface area contributed by atoms with Gasteiger partial charge in [-0.15, -0.1) is 0 Å². The zero-order chi connectivity index (χ0) is 28.7. The fraction of sp³-hybridized carbons (Fsp3) is 0.647. The highest BCUT2D eigenvalue weighted by Gasteiger charge is 2.58. The number of allylic oxidation sites excluding steroid dienone is 8. The van der Waals surface area contributed by atoms with E-state index in [1.165, 1.54) is 5.57 Å². The van der Waals surface area contributed by atoms with E-state index in [4.69, 9.17) is 0 Å². The van der Waals surface area contributed by atoms with E-state index in [0.717, 1.165) is 31.3 Å². The van der Waals surface area contributed by atoms with E-state index in [0.29, 0.717) is 19.3 Å². The number of aliphatic carboxylic acids is 1. The molecule has 0 spiro atoms. The third-order valence-corrected chi connectivity index (χ3v) is 10.8. The minimum Gasteiger partial charge on any atom is -0.511 e. The Morgan fingerprint density at radius 2 is 1.82 bits per heavy atom. The van der Waals surface area contributed by atoms with Crippen molar-refractivity contribution < 1.29 is 24.9 Å². The first kappa shape index (κ1) is 29.6. The maximum Gasteiger partial charge on any atom is 0.342 e. The Labute approximate surface area is 234 Å². The SMILES string of the molecule is CC[C@H]1CC2/C(O)=C(\C(=O)O)C(=O)[C@@]3(CC)[C@@H]4CC[C@H](C)[C@H](O)[C@H]4C=C[C@H]3C/C=C/C/C(C)=C/[C@@]2(C)C=C1C. The Morgan fingerprint density at radius 3 is 2.46 bits per heavy atom. The van der Waals surface area contributed by atoms with Gasteiger partial charge >= 0.3 is 5.97 Å². The van der Waals surface area contributed by atoms with Crippen LogP contribution in [0.2, 0.25) is 0 Å². The van der Waals surface area contributed by atoms with Gasteiger partial charge in [-0.3, -0.25) is 4.79 Å². The van der Waals surface area contributed by atoms with Gasteiger partial charge in [-0.05, 0) is 82.5 Å². The van der Waals surface area contributed by atoms with E-state index in [9.17, 15) is 24.9 Å². The summed E-state index contributed by atoms with van der Waals surface area (Å²) in [6.07, 6.45) is 17.0. The summed E-state index contributed by atoms with van der Waals surface area (Å²) in [4.78, 5) is 27.8. The Morgan fingerprint density at radius 1 is 1.10 bits per heavy atom. The zero-order valence-corrected chi connectivity index (χ0v) is 24.6. The largest absolute Gasteiger partial charge is 0.511 e. The molecule has 1 fully saturated rings. The predicted molar refractivity (Wildman–Crippen MR) is 155 cm³/mol. The van der Waals surface area contributed by atoms with Crippen LogP contribution in [0.5, 0.6) is 0 Å². The Kier molecular flexibility index (Phi) is 8.52. The van der Waals surface area contributed by atoms with Crippen molar-refractivity contribution in [3.8, 4) is 0 Å². The summed E-state index contributed by atoms with van der Waals surface area (Å²) < 4.78 is 0. The average molecular weight is 537 g/mol. The van der Waals surface area contributed by atoms with E-state index in [-0.39, 0.29) is 35.3 Å². The number of aliphatic hydroxyl groups excluding tert-OH is 2. The summed E-state index contributed by atoms with van der Waals surface area (Å²) in [7, 11) is 0. The normalized spacial score (nSPS) is 45.2. The van der Waals surface area contributed by atoms with Gasteiger partial charge in [-0.1, -0.05) is 75.3 Å². The highest BCUT2D eigenvalue weighted by atomic mass is 16.4. The van der Waals surface area contributed by atoms with Gasteiger partial charge in [-0.25, -0.2) is 4.79 Å². The number of fused-ring (bicyclic) bond motifs is 4. The van der Waals surface area contributed by atoms with E-state index in [1.54, 1.807) is 0 Å². The minimum absolute atomic E-state index is 0.118. The first-order valence-corrected chi connectivity index (χ1v) is 15.0. The van der Waals surface area contributed by atoms with Gasteiger partial charge in [0, 0.05) is 22.7 Å². The monoisotopic (exact) mass is 536 g/mol. The van der Waals surface area contributed by atoms with Crippen LogP contribution < -0.4 is 0 Å². The topological polar surface area (TPSA) is 94.8 Å². The van der Waals surface area contributed by atoms with Crippen molar-refractivity contribution >= 4 is 11.8 Å². The van der Waals surface area contributed by atoms with Crippen molar-refractivity contribution in [2.75, 3.05) is 0 Å². The molecule has 0 aromatic rings. The molecule has 0 saturated heterocycles. The average Bonchev–Trinajstić information content (AvgIpc) is 2.88. The molecule has 0 aliphatic heterocycles. The molecule has 0 bridgehead atoms. The van der Waals surface area contributed by atoms with Crippen LogP contribution in [0.1, 0.15) is 86.5 Å². The van der Waals surface area contributed by atoms with E-state index in [1.807, 2.05) is 13.8 Å². The molecule has 39 heavy (non-hydrogen) atoms. The standard InChI is InChI=1S/C34H48O5/c1-7-23-17-27-30(36)28(32(38)39)31(37)34(8-2)24(14-15-25-26(34)16-13-21(4)29(25)35)12-10-9-11-20(3)18-33(27,6)19-22(23)5/h9-10,14-15,18-19,21,23-27,29,35-36H,7-8,11-13,16-17H2,1-6H3,(H,38,39)/b10-9+,20-18+,30-28+/t21-,23-,24+,25-,26+,27?,29-,33-,34+/m0/s1. The quantitative estimate of drug-likeness (QED) is 0.259. The van der Waals surface area contributed by atoms with Crippen molar-refractivity contribution in [1.82, 2.24) is 0 Å². The van der Waals surface area contributed by atoms with Gasteiger partial charge in [0.25, 0.3) is 0 Å². The van der Waals surface area contributed by atoms with Crippen LogP contribution in [0.25, 0.3) is 0 Å². The summed E-state index contributed by atoms with van der Waals surface area (Å²) in [6, 6.07) is 0. The molecule has 0 amide bonds. The summed E-state index contributed by atoms with van der Waals surface area (Å²) in [6.45, 7) is 12.4. The molecule has 4 aliphatic carbocycles. The number of carbonyl (C=O) groups is 2. The number of hydrogen-bond acceptors (Lipinski definition) is 4. The van der Waals surface area contributed by atoms with Gasteiger partial charge in [0.15, 0.2) is 5.78 Å². The highest BCUT2D eigenvalue weighted by Crippen LogP contribution is 2.57. The molecule has 9 atom stereocenters. The third kappa shape index (κ3) is 5.01. The van der Waals surface area contributed by atoms with Gasteiger partial charge in [0.05, 0.1) is 6.10 Å². The highest BCUT2D eigenvalue weighted by molar-refractivity contribution is 6.19.